The van der Waals surface area contributed by atoms with Gasteiger partial charge in [-0.2, -0.15) is 0 Å². The molecule has 3 rings (SSSR count). The molecule has 0 N–H and O–H groups in total. The van der Waals surface area contributed by atoms with E-state index >= 15 is 0 Å². The molecule has 0 bridgehead atoms. The van der Waals surface area contributed by atoms with Crippen molar-refractivity contribution < 1.29 is 28.7 Å². The number of rotatable bonds is 7. The van der Waals surface area contributed by atoms with E-state index in [2.05, 4.69) is 0 Å². The predicted molar refractivity (Wildman–Crippen MR) is 105 cm³/mol. The summed E-state index contributed by atoms with van der Waals surface area (Å²) in [6.45, 7) is 1.70. The van der Waals surface area contributed by atoms with Crippen molar-refractivity contribution in [3.05, 3.63) is 64.2 Å². The number of hydrogen-bond acceptors (Lipinski definition) is 6. The molecule has 0 spiro atoms. The van der Waals surface area contributed by atoms with Gasteiger partial charge in [-0.05, 0) is 48.9 Å². The van der Waals surface area contributed by atoms with Gasteiger partial charge in [-0.25, -0.2) is 14.5 Å². The molecule has 2 aromatic carbocycles. The van der Waals surface area contributed by atoms with Gasteiger partial charge in [0, 0.05) is 5.02 Å². The van der Waals surface area contributed by atoms with Crippen LogP contribution in [-0.4, -0.2) is 37.0 Å². The van der Waals surface area contributed by atoms with Crippen molar-refractivity contribution in [2.45, 2.75) is 19.8 Å². The molecule has 2 amide bonds. The minimum absolute atomic E-state index is 0.0595. The first kappa shape index (κ1) is 20.5. The van der Waals surface area contributed by atoms with Crippen molar-refractivity contribution in [3.8, 4) is 0 Å². The lowest BCUT2D eigenvalue weighted by Crippen LogP contribution is -2.29. The maximum absolute atomic E-state index is 12.7. The van der Waals surface area contributed by atoms with Gasteiger partial charge in [0.25, 0.3) is 11.8 Å². The molecule has 0 fully saturated rings. The highest BCUT2D eigenvalue weighted by Crippen LogP contribution is 2.30. The van der Waals surface area contributed by atoms with E-state index in [0.29, 0.717) is 10.7 Å². The SMILES string of the molecule is CCCCOC(=O)COC(=O)c1ccc2c(c1)C(=O)N(c1ccc(Cl)cc1)C2=O. The van der Waals surface area contributed by atoms with E-state index in [1.54, 1.807) is 24.3 Å². The van der Waals surface area contributed by atoms with Crippen molar-refractivity contribution >= 4 is 41.0 Å². The molecule has 2 aromatic rings. The Hall–Kier alpha value is -3.19. The van der Waals surface area contributed by atoms with E-state index in [-0.39, 0.29) is 23.3 Å². The second-order valence-electron chi connectivity index (χ2n) is 6.33. The molecule has 0 radical (unpaired) electrons. The number of ether oxygens (including phenoxy) is 2. The molecule has 7 nitrogen and oxygen atoms in total. The average molecular weight is 416 g/mol. The van der Waals surface area contributed by atoms with Crippen molar-refractivity contribution in [2.24, 2.45) is 0 Å². The molecular formula is C21H18ClNO6. The summed E-state index contributed by atoms with van der Waals surface area (Å²) in [4.78, 5) is 50.1. The van der Waals surface area contributed by atoms with Crippen LogP contribution in [0.4, 0.5) is 5.69 Å². The Bertz CT molecular complexity index is 970. The third-order valence-electron chi connectivity index (χ3n) is 4.29. The van der Waals surface area contributed by atoms with Crippen molar-refractivity contribution in [2.75, 3.05) is 18.1 Å². The lowest BCUT2D eigenvalue weighted by molar-refractivity contribution is -0.147. The maximum Gasteiger partial charge on any atom is 0.344 e. The number of hydrogen-bond donors (Lipinski definition) is 0. The zero-order chi connectivity index (χ0) is 21.0. The summed E-state index contributed by atoms with van der Waals surface area (Å²) < 4.78 is 9.84. The maximum atomic E-state index is 12.7. The molecule has 1 heterocycles. The summed E-state index contributed by atoms with van der Waals surface area (Å²) in [5.74, 6) is -2.48. The van der Waals surface area contributed by atoms with Crippen molar-refractivity contribution in [1.29, 1.82) is 0 Å². The summed E-state index contributed by atoms with van der Waals surface area (Å²) in [7, 11) is 0. The zero-order valence-corrected chi connectivity index (χ0v) is 16.4. The minimum Gasteiger partial charge on any atom is -0.463 e. The van der Waals surface area contributed by atoms with E-state index < -0.39 is 30.4 Å². The van der Waals surface area contributed by atoms with Gasteiger partial charge >= 0.3 is 11.9 Å². The molecule has 8 heteroatoms. The highest BCUT2D eigenvalue weighted by molar-refractivity contribution is 6.35. The number of esters is 2. The Labute approximate surface area is 172 Å². The fourth-order valence-corrected chi connectivity index (χ4v) is 2.90. The molecule has 0 unspecified atom stereocenters. The Morgan fingerprint density at radius 3 is 2.34 bits per heavy atom. The van der Waals surface area contributed by atoms with E-state index in [4.69, 9.17) is 21.1 Å². The molecule has 1 aliphatic rings. The third-order valence-corrected chi connectivity index (χ3v) is 4.54. The van der Waals surface area contributed by atoms with Gasteiger partial charge in [0.05, 0.1) is 29.0 Å². The highest BCUT2D eigenvalue weighted by atomic mass is 35.5. The fraction of sp³-hybridized carbons (Fsp3) is 0.238. The molecule has 0 saturated carbocycles. The molecular weight excluding hydrogens is 398 g/mol. The van der Waals surface area contributed by atoms with Gasteiger partial charge in [-0.15, -0.1) is 0 Å². The first-order chi connectivity index (χ1) is 13.9. The summed E-state index contributed by atoms with van der Waals surface area (Å²) in [6.07, 6.45) is 1.60. The Morgan fingerprint density at radius 1 is 0.966 bits per heavy atom. The number of benzene rings is 2. The molecule has 150 valence electrons. The van der Waals surface area contributed by atoms with Gasteiger partial charge < -0.3 is 9.47 Å². The van der Waals surface area contributed by atoms with Crippen LogP contribution in [0.1, 0.15) is 50.8 Å². The Balaban J connectivity index is 1.71. The number of carbonyl (C=O) groups excluding carboxylic acids is 4. The lowest BCUT2D eigenvalue weighted by atomic mass is 10.1. The molecule has 0 aromatic heterocycles. The van der Waals surface area contributed by atoms with Crippen LogP contribution in [0.25, 0.3) is 0 Å². The number of imide groups is 1. The van der Waals surface area contributed by atoms with Gasteiger partial charge in [0.2, 0.25) is 0 Å². The molecule has 0 atom stereocenters. The standard InChI is InChI=1S/C21H18ClNO6/c1-2-3-10-28-18(24)12-29-21(27)13-4-9-16-17(11-13)20(26)23(19(16)25)15-7-5-14(22)6-8-15/h4-9,11H,2-3,10,12H2,1H3. The third kappa shape index (κ3) is 4.46. The molecule has 29 heavy (non-hydrogen) atoms. The average Bonchev–Trinajstić information content (AvgIpc) is 2.97. The quantitative estimate of drug-likeness (QED) is 0.389. The van der Waals surface area contributed by atoms with Gasteiger partial charge in [-0.1, -0.05) is 24.9 Å². The second kappa shape index (κ2) is 8.87. The van der Waals surface area contributed by atoms with Crippen LogP contribution in [0.3, 0.4) is 0 Å². The van der Waals surface area contributed by atoms with Crippen LogP contribution < -0.4 is 4.90 Å². The van der Waals surface area contributed by atoms with Crippen LogP contribution in [0.5, 0.6) is 0 Å². The summed E-state index contributed by atoms with van der Waals surface area (Å²) >= 11 is 5.85. The largest absolute Gasteiger partial charge is 0.463 e. The molecule has 0 aliphatic carbocycles. The van der Waals surface area contributed by atoms with E-state index in [1.807, 2.05) is 6.92 Å². The smallest absolute Gasteiger partial charge is 0.344 e. The van der Waals surface area contributed by atoms with Crippen LogP contribution in [0, 0.1) is 0 Å². The van der Waals surface area contributed by atoms with Crippen molar-refractivity contribution in [3.63, 3.8) is 0 Å². The fourth-order valence-electron chi connectivity index (χ4n) is 2.77. The van der Waals surface area contributed by atoms with Crippen LogP contribution in [0.15, 0.2) is 42.5 Å². The summed E-state index contributed by atoms with van der Waals surface area (Å²) in [5, 5.41) is 0.476. The predicted octanol–water partition coefficient (Wildman–Crippen LogP) is 3.64. The number of unbranched alkanes of at least 4 members (excludes halogenated alkanes) is 1. The second-order valence-corrected chi connectivity index (χ2v) is 6.77. The van der Waals surface area contributed by atoms with Crippen LogP contribution in [0.2, 0.25) is 5.02 Å². The Kier molecular flexibility index (Phi) is 6.29. The van der Waals surface area contributed by atoms with Crippen molar-refractivity contribution in [1.82, 2.24) is 0 Å². The molecule has 1 aliphatic heterocycles. The van der Waals surface area contributed by atoms with Crippen LogP contribution in [-0.2, 0) is 14.3 Å². The topological polar surface area (TPSA) is 90.0 Å². The van der Waals surface area contributed by atoms with Gasteiger partial charge in [0.1, 0.15) is 0 Å². The first-order valence-corrected chi connectivity index (χ1v) is 9.41. The minimum atomic E-state index is -0.787. The van der Waals surface area contributed by atoms with E-state index in [9.17, 15) is 19.2 Å². The van der Waals surface area contributed by atoms with Crippen LogP contribution >= 0.6 is 11.6 Å². The number of carbonyl (C=O) groups is 4. The van der Waals surface area contributed by atoms with Gasteiger partial charge in [-0.3, -0.25) is 9.59 Å². The number of halogens is 1. The normalized spacial score (nSPS) is 12.7. The zero-order valence-electron chi connectivity index (χ0n) is 15.6. The lowest BCUT2D eigenvalue weighted by Gasteiger charge is -2.13. The number of amides is 2. The Morgan fingerprint density at radius 2 is 1.66 bits per heavy atom. The first-order valence-electron chi connectivity index (χ1n) is 9.03. The number of nitrogens with zero attached hydrogens (tertiary/aromatic N) is 1. The number of anilines is 1. The molecule has 0 saturated heterocycles. The monoisotopic (exact) mass is 415 g/mol. The van der Waals surface area contributed by atoms with Gasteiger partial charge in [0.15, 0.2) is 6.61 Å². The van der Waals surface area contributed by atoms with E-state index in [0.717, 1.165) is 17.7 Å². The van der Waals surface area contributed by atoms with E-state index in [1.165, 1.54) is 18.2 Å². The number of fused-ring (bicyclic) bond motifs is 1. The highest BCUT2D eigenvalue weighted by Gasteiger charge is 2.37. The summed E-state index contributed by atoms with van der Waals surface area (Å²) in [5.41, 5.74) is 0.703. The summed E-state index contributed by atoms with van der Waals surface area (Å²) in [6, 6.07) is 10.3.